The molecule has 1 aromatic rings. The van der Waals surface area contributed by atoms with Crippen LogP contribution in [0.2, 0.25) is 0 Å². The van der Waals surface area contributed by atoms with Gasteiger partial charge in [0.1, 0.15) is 5.82 Å². The third-order valence-electron chi connectivity index (χ3n) is 2.24. The summed E-state index contributed by atoms with van der Waals surface area (Å²) in [5.41, 5.74) is -0.677. The molecule has 19 heavy (non-hydrogen) atoms. The lowest BCUT2D eigenvalue weighted by molar-refractivity contribution is -0.384. The lowest BCUT2D eigenvalue weighted by Crippen LogP contribution is -2.28. The van der Waals surface area contributed by atoms with Crippen LogP contribution in [0.4, 0.5) is 10.1 Å². The molecule has 1 aromatic carbocycles. The maximum atomic E-state index is 13.4. The van der Waals surface area contributed by atoms with Crippen molar-refractivity contribution in [2.24, 2.45) is 0 Å². The van der Waals surface area contributed by atoms with Crippen LogP contribution in [0, 0.1) is 15.9 Å². The summed E-state index contributed by atoms with van der Waals surface area (Å²) in [6, 6.07) is 2.82. The number of nitrogens with one attached hydrogen (secondary N) is 1. The summed E-state index contributed by atoms with van der Waals surface area (Å²) in [5.74, 6) is -1.50. The number of nitro benzene ring substituents is 1. The van der Waals surface area contributed by atoms with Gasteiger partial charge in [0.05, 0.1) is 23.2 Å². The molecule has 0 aliphatic heterocycles. The van der Waals surface area contributed by atoms with Crippen molar-refractivity contribution in [3.63, 3.8) is 0 Å². The van der Waals surface area contributed by atoms with Gasteiger partial charge < -0.3 is 10.1 Å². The second kappa shape index (κ2) is 6.79. The average molecular weight is 270 g/mol. The molecule has 0 fully saturated rings. The summed E-state index contributed by atoms with van der Waals surface area (Å²) >= 11 is 0. The van der Waals surface area contributed by atoms with Gasteiger partial charge in [-0.15, -0.1) is 0 Å². The quantitative estimate of drug-likeness (QED) is 0.486. The molecule has 7 heteroatoms. The van der Waals surface area contributed by atoms with Gasteiger partial charge in [-0.1, -0.05) is 0 Å². The highest BCUT2D eigenvalue weighted by atomic mass is 19.1. The van der Waals surface area contributed by atoms with Crippen molar-refractivity contribution < 1.29 is 18.8 Å². The summed E-state index contributed by atoms with van der Waals surface area (Å²) in [6.07, 6.45) is 0.0338. The van der Waals surface area contributed by atoms with E-state index in [4.69, 9.17) is 4.74 Å². The summed E-state index contributed by atoms with van der Waals surface area (Å²) in [7, 11) is 0. The van der Waals surface area contributed by atoms with E-state index in [0.717, 1.165) is 18.2 Å². The SMILES string of the molecule is CC(C)OCCNC(=O)c1cc([N+](=O)[O-])ccc1F. The van der Waals surface area contributed by atoms with E-state index in [0.29, 0.717) is 6.61 Å². The number of halogens is 1. The zero-order valence-electron chi connectivity index (χ0n) is 10.7. The number of nitrogens with zero attached hydrogens (tertiary/aromatic N) is 1. The highest BCUT2D eigenvalue weighted by molar-refractivity contribution is 5.95. The Hall–Kier alpha value is -2.02. The number of rotatable bonds is 6. The van der Waals surface area contributed by atoms with Crippen LogP contribution in [0.1, 0.15) is 24.2 Å². The van der Waals surface area contributed by atoms with Gasteiger partial charge in [-0.25, -0.2) is 4.39 Å². The van der Waals surface area contributed by atoms with Gasteiger partial charge in [0, 0.05) is 18.7 Å². The minimum absolute atomic E-state index is 0.0338. The Morgan fingerprint density at radius 2 is 2.21 bits per heavy atom. The van der Waals surface area contributed by atoms with Crippen molar-refractivity contribution in [3.8, 4) is 0 Å². The van der Waals surface area contributed by atoms with Gasteiger partial charge >= 0.3 is 0 Å². The van der Waals surface area contributed by atoms with E-state index in [-0.39, 0.29) is 23.9 Å². The smallest absolute Gasteiger partial charge is 0.270 e. The second-order valence-electron chi connectivity index (χ2n) is 4.10. The fourth-order valence-corrected chi connectivity index (χ4v) is 1.36. The highest BCUT2D eigenvalue weighted by Gasteiger charge is 2.16. The standard InChI is InChI=1S/C12H15FN2O4/c1-8(2)19-6-5-14-12(16)10-7-9(15(17)18)3-4-11(10)13/h3-4,7-8H,5-6H2,1-2H3,(H,14,16). The number of nitro groups is 1. The van der Waals surface area contributed by atoms with Crippen LogP contribution in [0.5, 0.6) is 0 Å². The third-order valence-corrected chi connectivity index (χ3v) is 2.24. The fraction of sp³-hybridized carbons (Fsp3) is 0.417. The molecule has 0 aliphatic carbocycles. The Morgan fingerprint density at radius 3 is 2.79 bits per heavy atom. The van der Waals surface area contributed by atoms with Crippen LogP contribution in [0.15, 0.2) is 18.2 Å². The molecule has 104 valence electrons. The molecule has 0 saturated heterocycles. The van der Waals surface area contributed by atoms with Gasteiger partial charge in [-0.3, -0.25) is 14.9 Å². The monoisotopic (exact) mass is 270 g/mol. The van der Waals surface area contributed by atoms with E-state index in [9.17, 15) is 19.3 Å². The normalized spacial score (nSPS) is 10.5. The Labute approximate surface area is 109 Å². The Kier molecular flexibility index (Phi) is 5.37. The van der Waals surface area contributed by atoms with Crippen molar-refractivity contribution in [1.82, 2.24) is 5.32 Å². The summed E-state index contributed by atoms with van der Waals surface area (Å²) in [5, 5.41) is 13.0. The predicted molar refractivity (Wildman–Crippen MR) is 66.5 cm³/mol. The van der Waals surface area contributed by atoms with Gasteiger partial charge in [-0.2, -0.15) is 0 Å². The summed E-state index contributed by atoms with van der Waals surface area (Å²) in [4.78, 5) is 21.5. The van der Waals surface area contributed by atoms with E-state index in [1.807, 2.05) is 13.8 Å². The van der Waals surface area contributed by atoms with Gasteiger partial charge in [0.25, 0.3) is 11.6 Å². The molecule has 0 unspecified atom stereocenters. The van der Waals surface area contributed by atoms with Crippen LogP contribution in [0.3, 0.4) is 0 Å². The molecular formula is C12H15FN2O4. The molecule has 0 atom stereocenters. The number of amides is 1. The number of carbonyl (C=O) groups is 1. The van der Waals surface area contributed by atoms with Crippen LogP contribution in [-0.2, 0) is 4.74 Å². The number of hydrogen-bond acceptors (Lipinski definition) is 4. The topological polar surface area (TPSA) is 81.5 Å². The minimum atomic E-state index is -0.798. The predicted octanol–water partition coefficient (Wildman–Crippen LogP) is 1.89. The number of hydrogen-bond donors (Lipinski definition) is 1. The van der Waals surface area contributed by atoms with E-state index in [1.54, 1.807) is 0 Å². The third kappa shape index (κ3) is 4.63. The number of carbonyl (C=O) groups excluding carboxylic acids is 1. The Balaban J connectivity index is 2.66. The zero-order valence-corrected chi connectivity index (χ0v) is 10.7. The van der Waals surface area contributed by atoms with Crippen LogP contribution in [0.25, 0.3) is 0 Å². The number of ether oxygens (including phenoxy) is 1. The first-order chi connectivity index (χ1) is 8.91. The molecule has 0 radical (unpaired) electrons. The van der Waals surface area contributed by atoms with Crippen molar-refractivity contribution in [1.29, 1.82) is 0 Å². The molecule has 0 spiro atoms. The minimum Gasteiger partial charge on any atom is -0.377 e. The maximum absolute atomic E-state index is 13.4. The van der Waals surface area contributed by atoms with Crippen molar-refractivity contribution in [3.05, 3.63) is 39.7 Å². The van der Waals surface area contributed by atoms with Crippen LogP contribution >= 0.6 is 0 Å². The average Bonchev–Trinajstić information content (AvgIpc) is 2.34. The molecule has 1 rings (SSSR count). The lowest BCUT2D eigenvalue weighted by atomic mass is 10.1. The van der Waals surface area contributed by atoms with Crippen molar-refractivity contribution in [2.75, 3.05) is 13.2 Å². The van der Waals surface area contributed by atoms with Crippen molar-refractivity contribution in [2.45, 2.75) is 20.0 Å². The van der Waals surface area contributed by atoms with E-state index >= 15 is 0 Å². The van der Waals surface area contributed by atoms with Crippen LogP contribution < -0.4 is 5.32 Å². The number of non-ortho nitro benzene ring substituents is 1. The van der Waals surface area contributed by atoms with E-state index < -0.39 is 16.6 Å². The lowest BCUT2D eigenvalue weighted by Gasteiger charge is -2.09. The molecule has 0 saturated carbocycles. The molecule has 1 N–H and O–H groups in total. The zero-order chi connectivity index (χ0) is 14.4. The second-order valence-corrected chi connectivity index (χ2v) is 4.10. The molecular weight excluding hydrogens is 255 g/mol. The fourth-order valence-electron chi connectivity index (χ4n) is 1.36. The number of benzene rings is 1. The van der Waals surface area contributed by atoms with Gasteiger partial charge in [-0.05, 0) is 19.9 Å². The molecule has 1 amide bonds. The first kappa shape index (κ1) is 15.0. The molecule has 0 aliphatic rings. The molecule has 6 nitrogen and oxygen atoms in total. The van der Waals surface area contributed by atoms with Gasteiger partial charge in [0.2, 0.25) is 0 Å². The molecule has 0 aromatic heterocycles. The molecule has 0 bridgehead atoms. The maximum Gasteiger partial charge on any atom is 0.270 e. The summed E-state index contributed by atoms with van der Waals surface area (Å²) < 4.78 is 18.6. The summed E-state index contributed by atoms with van der Waals surface area (Å²) in [6.45, 7) is 4.20. The largest absolute Gasteiger partial charge is 0.377 e. The van der Waals surface area contributed by atoms with E-state index in [2.05, 4.69) is 5.32 Å². The first-order valence-electron chi connectivity index (χ1n) is 5.75. The first-order valence-corrected chi connectivity index (χ1v) is 5.75. The van der Waals surface area contributed by atoms with Crippen molar-refractivity contribution >= 4 is 11.6 Å². The highest BCUT2D eigenvalue weighted by Crippen LogP contribution is 2.16. The van der Waals surface area contributed by atoms with Gasteiger partial charge in [0.15, 0.2) is 0 Å². The van der Waals surface area contributed by atoms with Crippen LogP contribution in [-0.4, -0.2) is 30.1 Å². The molecule has 0 heterocycles. The Morgan fingerprint density at radius 1 is 1.53 bits per heavy atom. The van der Waals surface area contributed by atoms with E-state index in [1.165, 1.54) is 0 Å². The Bertz CT molecular complexity index is 477.